The number of piperidine rings is 2. The number of benzene rings is 1. The van der Waals surface area contributed by atoms with Gasteiger partial charge in [-0.1, -0.05) is 24.3 Å². The number of fused-ring (bicyclic) bond motifs is 1. The Bertz CT molecular complexity index is 666. The predicted molar refractivity (Wildman–Crippen MR) is 112 cm³/mol. The lowest BCUT2D eigenvalue weighted by atomic mass is 9.92. The Morgan fingerprint density at radius 3 is 2.11 bits per heavy atom. The molecule has 4 heteroatoms. The number of hydrogen-bond donors (Lipinski definition) is 0. The van der Waals surface area contributed by atoms with E-state index in [0.29, 0.717) is 18.0 Å². The maximum absolute atomic E-state index is 12.9. The molecular weight excluding hydrogens is 346 g/mol. The van der Waals surface area contributed by atoms with Gasteiger partial charge in [0.2, 0.25) is 5.91 Å². The minimum absolute atomic E-state index is 0.259. The van der Waals surface area contributed by atoms with Crippen molar-refractivity contribution < 1.29 is 4.79 Å². The zero-order valence-electron chi connectivity index (χ0n) is 17.2. The molecule has 1 atom stereocenters. The van der Waals surface area contributed by atoms with Crippen molar-refractivity contribution in [2.24, 2.45) is 5.92 Å². The molecule has 0 saturated carbocycles. The van der Waals surface area contributed by atoms with Crippen LogP contribution in [0.1, 0.15) is 49.7 Å². The van der Waals surface area contributed by atoms with Gasteiger partial charge in [0, 0.05) is 31.7 Å². The highest BCUT2D eigenvalue weighted by molar-refractivity contribution is 5.79. The van der Waals surface area contributed by atoms with Crippen LogP contribution in [0.3, 0.4) is 0 Å². The van der Waals surface area contributed by atoms with Gasteiger partial charge >= 0.3 is 0 Å². The molecule has 3 saturated heterocycles. The summed E-state index contributed by atoms with van der Waals surface area (Å²) in [5, 5.41) is 0. The molecule has 3 aliphatic heterocycles. The van der Waals surface area contributed by atoms with Gasteiger partial charge in [-0.05, 0) is 82.1 Å². The molecule has 4 nitrogen and oxygen atoms in total. The van der Waals surface area contributed by atoms with Gasteiger partial charge in [0.15, 0.2) is 0 Å². The summed E-state index contributed by atoms with van der Waals surface area (Å²) < 4.78 is 0. The number of rotatable bonds is 3. The van der Waals surface area contributed by atoms with Crippen LogP contribution in [-0.4, -0.2) is 72.0 Å². The standard InChI is InChI=1S/C24H35N3O/c28-24(26-11-3-4-12-26)21-8-5-13-27(18-21)22-9-14-25(15-10-22)23-16-19-6-1-2-7-20(19)17-23/h1-2,6-7,21-23H,3-5,8-18H2/t21-/m1/s1. The molecular formula is C24H35N3O. The Balaban J connectivity index is 1.13. The number of carbonyl (C=O) groups is 1. The normalized spacial score (nSPS) is 28.0. The number of carbonyl (C=O) groups excluding carboxylic acids is 1. The first kappa shape index (κ1) is 18.6. The fourth-order valence-electron chi connectivity index (χ4n) is 6.15. The van der Waals surface area contributed by atoms with E-state index >= 15 is 0 Å². The van der Waals surface area contributed by atoms with E-state index in [1.807, 2.05) is 0 Å². The largest absolute Gasteiger partial charge is 0.342 e. The van der Waals surface area contributed by atoms with Crippen molar-refractivity contribution >= 4 is 5.91 Å². The van der Waals surface area contributed by atoms with Crippen molar-refractivity contribution in [3.63, 3.8) is 0 Å². The third-order valence-electron chi connectivity index (χ3n) is 7.78. The summed E-state index contributed by atoms with van der Waals surface area (Å²) in [7, 11) is 0. The highest BCUT2D eigenvalue weighted by atomic mass is 16.2. The molecule has 3 fully saturated rings. The quantitative estimate of drug-likeness (QED) is 0.805. The van der Waals surface area contributed by atoms with Gasteiger partial charge in [-0.3, -0.25) is 14.6 Å². The van der Waals surface area contributed by atoms with E-state index in [1.54, 1.807) is 11.1 Å². The Morgan fingerprint density at radius 2 is 1.43 bits per heavy atom. The molecule has 1 aliphatic carbocycles. The van der Waals surface area contributed by atoms with Crippen LogP contribution in [0, 0.1) is 5.92 Å². The summed E-state index contributed by atoms with van der Waals surface area (Å²) in [5.41, 5.74) is 3.13. The summed E-state index contributed by atoms with van der Waals surface area (Å²) in [4.78, 5) is 20.4. The van der Waals surface area contributed by atoms with Crippen molar-refractivity contribution in [1.29, 1.82) is 0 Å². The maximum atomic E-state index is 12.9. The predicted octanol–water partition coefficient (Wildman–Crippen LogP) is 2.95. The topological polar surface area (TPSA) is 26.8 Å². The molecule has 0 aromatic heterocycles. The number of likely N-dealkylation sites (tertiary alicyclic amines) is 3. The summed E-state index contributed by atoms with van der Waals surface area (Å²) >= 11 is 0. The third kappa shape index (κ3) is 3.73. The second-order valence-electron chi connectivity index (χ2n) is 9.46. The second-order valence-corrected chi connectivity index (χ2v) is 9.46. The molecule has 5 rings (SSSR count). The van der Waals surface area contributed by atoms with Crippen LogP contribution in [0.4, 0.5) is 0 Å². The summed E-state index contributed by atoms with van der Waals surface area (Å²) in [6.45, 7) is 6.66. The minimum atomic E-state index is 0.259. The summed E-state index contributed by atoms with van der Waals surface area (Å²) in [6.07, 6.45) is 9.72. The van der Waals surface area contributed by atoms with Gasteiger partial charge < -0.3 is 4.90 Å². The van der Waals surface area contributed by atoms with E-state index in [0.717, 1.165) is 26.1 Å². The van der Waals surface area contributed by atoms with Crippen LogP contribution in [0.5, 0.6) is 0 Å². The molecule has 3 heterocycles. The average molecular weight is 382 g/mol. The first-order chi connectivity index (χ1) is 13.8. The van der Waals surface area contributed by atoms with Crippen LogP contribution in [0.2, 0.25) is 0 Å². The summed E-state index contributed by atoms with van der Waals surface area (Å²) in [5.74, 6) is 0.706. The smallest absolute Gasteiger partial charge is 0.226 e. The van der Waals surface area contributed by atoms with E-state index in [9.17, 15) is 4.79 Å². The van der Waals surface area contributed by atoms with Gasteiger partial charge in [0.05, 0.1) is 5.92 Å². The van der Waals surface area contributed by atoms with Crippen molar-refractivity contribution in [3.05, 3.63) is 35.4 Å². The molecule has 152 valence electrons. The Hall–Kier alpha value is -1.39. The first-order valence-electron chi connectivity index (χ1n) is 11.6. The molecule has 0 unspecified atom stereocenters. The number of nitrogens with zero attached hydrogens (tertiary/aromatic N) is 3. The monoisotopic (exact) mass is 381 g/mol. The highest BCUT2D eigenvalue weighted by Crippen LogP contribution is 2.30. The van der Waals surface area contributed by atoms with Gasteiger partial charge in [0.1, 0.15) is 0 Å². The van der Waals surface area contributed by atoms with Crippen LogP contribution >= 0.6 is 0 Å². The average Bonchev–Trinajstić information content (AvgIpc) is 3.43. The zero-order valence-corrected chi connectivity index (χ0v) is 17.2. The maximum Gasteiger partial charge on any atom is 0.226 e. The van der Waals surface area contributed by atoms with Crippen molar-refractivity contribution in [3.8, 4) is 0 Å². The van der Waals surface area contributed by atoms with Gasteiger partial charge in [-0.2, -0.15) is 0 Å². The van der Waals surface area contributed by atoms with Crippen molar-refractivity contribution in [2.45, 2.75) is 63.5 Å². The lowest BCUT2D eigenvalue weighted by molar-refractivity contribution is -0.136. The molecule has 1 aromatic carbocycles. The lowest BCUT2D eigenvalue weighted by Crippen LogP contribution is -2.52. The molecule has 0 bridgehead atoms. The zero-order chi connectivity index (χ0) is 18.9. The fourth-order valence-corrected chi connectivity index (χ4v) is 6.15. The highest BCUT2D eigenvalue weighted by Gasteiger charge is 2.35. The number of amides is 1. The Morgan fingerprint density at radius 1 is 0.750 bits per heavy atom. The molecule has 0 spiro atoms. The Labute approximate surface area is 169 Å². The van der Waals surface area contributed by atoms with E-state index in [4.69, 9.17) is 0 Å². The fraction of sp³-hybridized carbons (Fsp3) is 0.708. The molecule has 0 N–H and O–H groups in total. The molecule has 0 radical (unpaired) electrons. The molecule has 28 heavy (non-hydrogen) atoms. The van der Waals surface area contributed by atoms with Crippen LogP contribution in [-0.2, 0) is 17.6 Å². The van der Waals surface area contributed by atoms with Gasteiger partial charge in [-0.15, -0.1) is 0 Å². The van der Waals surface area contributed by atoms with Crippen molar-refractivity contribution in [1.82, 2.24) is 14.7 Å². The van der Waals surface area contributed by atoms with Gasteiger partial charge in [-0.25, -0.2) is 0 Å². The number of hydrogen-bond acceptors (Lipinski definition) is 3. The van der Waals surface area contributed by atoms with E-state index in [1.165, 1.54) is 64.6 Å². The molecule has 1 amide bonds. The van der Waals surface area contributed by atoms with Crippen molar-refractivity contribution in [2.75, 3.05) is 39.3 Å². The SMILES string of the molecule is O=C([C@@H]1CCCN(C2CCN(C3Cc4ccccc4C3)CC2)C1)N1CCCC1. The molecule has 4 aliphatic rings. The van der Waals surface area contributed by atoms with E-state index in [2.05, 4.69) is 39.0 Å². The van der Waals surface area contributed by atoms with Crippen LogP contribution in [0.15, 0.2) is 24.3 Å². The molecule has 1 aromatic rings. The van der Waals surface area contributed by atoms with Crippen LogP contribution in [0.25, 0.3) is 0 Å². The van der Waals surface area contributed by atoms with E-state index < -0.39 is 0 Å². The Kier molecular flexibility index (Phi) is 5.43. The van der Waals surface area contributed by atoms with E-state index in [-0.39, 0.29) is 5.92 Å². The lowest BCUT2D eigenvalue weighted by Gasteiger charge is -2.43. The summed E-state index contributed by atoms with van der Waals surface area (Å²) in [6, 6.07) is 10.4. The minimum Gasteiger partial charge on any atom is -0.342 e. The van der Waals surface area contributed by atoms with Gasteiger partial charge in [0.25, 0.3) is 0 Å². The third-order valence-corrected chi connectivity index (χ3v) is 7.78. The van der Waals surface area contributed by atoms with Crippen LogP contribution < -0.4 is 0 Å². The second kappa shape index (κ2) is 8.16. The first-order valence-corrected chi connectivity index (χ1v) is 11.6.